The minimum atomic E-state index is -1.47. The standard InChI is InChI=1S/C24H25F2N5O3/c1-11-21-17(23(32)13(24(33)34)10-31(21)16-8-14(16)25)20(28)18(26)22(11)30-7-5-12(9-30)19(27)15-4-2-3-6-29-15/h2-4,6,10,12,14,16,19H,5,7-9,27-28H2,1H3,(H,33,34)/t12-,14+,16-,19?/m1/s1. The summed E-state index contributed by atoms with van der Waals surface area (Å²) in [4.78, 5) is 30.8. The Morgan fingerprint density at radius 1 is 1.35 bits per heavy atom. The normalized spacial score (nSPS) is 22.8. The molecular formula is C24H25F2N5O3. The molecule has 10 heteroatoms. The van der Waals surface area contributed by atoms with Crippen LogP contribution in [0, 0.1) is 18.7 Å². The lowest BCUT2D eigenvalue weighted by Crippen LogP contribution is -2.28. The van der Waals surface area contributed by atoms with E-state index in [1.165, 1.54) is 4.57 Å². The Labute approximate surface area is 193 Å². The van der Waals surface area contributed by atoms with Gasteiger partial charge in [-0.25, -0.2) is 13.6 Å². The van der Waals surface area contributed by atoms with Gasteiger partial charge in [0.05, 0.1) is 40.1 Å². The van der Waals surface area contributed by atoms with Gasteiger partial charge in [0.1, 0.15) is 11.7 Å². The zero-order valence-corrected chi connectivity index (χ0v) is 18.5. The predicted octanol–water partition coefficient (Wildman–Crippen LogP) is 2.93. The van der Waals surface area contributed by atoms with E-state index in [4.69, 9.17) is 11.5 Å². The molecule has 5 N–H and O–H groups in total. The van der Waals surface area contributed by atoms with E-state index in [1.54, 1.807) is 13.1 Å². The van der Waals surface area contributed by atoms with Crippen LogP contribution in [0.2, 0.25) is 0 Å². The van der Waals surface area contributed by atoms with Gasteiger partial charge in [0, 0.05) is 31.9 Å². The number of nitrogens with two attached hydrogens (primary N) is 2. The SMILES string of the molecule is Cc1c(N2CC[C@@H](C(N)c3ccccn3)C2)c(F)c(N)c2c(=O)c(C(=O)O)cn([C@@H]3C[C@@H]3F)c12. The fraction of sp³-hybridized carbons (Fsp3) is 0.375. The molecule has 1 aliphatic carbocycles. The number of halogens is 2. The summed E-state index contributed by atoms with van der Waals surface area (Å²) in [5.74, 6) is -2.24. The number of aryl methyl sites for hydroxylation is 1. The van der Waals surface area contributed by atoms with E-state index in [1.807, 2.05) is 23.1 Å². The van der Waals surface area contributed by atoms with Crippen LogP contribution in [0.5, 0.6) is 0 Å². The molecule has 2 fully saturated rings. The number of nitrogen functional groups attached to an aromatic ring is 1. The first kappa shape index (κ1) is 22.3. The number of aromatic nitrogens is 2. The second-order valence-electron chi connectivity index (χ2n) is 9.10. The van der Waals surface area contributed by atoms with Gasteiger partial charge >= 0.3 is 5.97 Å². The van der Waals surface area contributed by atoms with Crippen molar-refractivity contribution in [2.45, 2.75) is 38.0 Å². The van der Waals surface area contributed by atoms with Gasteiger partial charge in [-0.05, 0) is 37.0 Å². The van der Waals surface area contributed by atoms with E-state index < -0.39 is 40.7 Å². The topological polar surface area (TPSA) is 127 Å². The van der Waals surface area contributed by atoms with Crippen molar-refractivity contribution in [3.05, 3.63) is 63.5 Å². The summed E-state index contributed by atoms with van der Waals surface area (Å²) < 4.78 is 31.1. The molecule has 2 aliphatic rings. The van der Waals surface area contributed by atoms with Crippen LogP contribution >= 0.6 is 0 Å². The highest BCUT2D eigenvalue weighted by Gasteiger charge is 2.41. The molecule has 1 unspecified atom stereocenters. The minimum absolute atomic E-state index is 0.0147. The second kappa shape index (κ2) is 8.05. The first-order chi connectivity index (χ1) is 16.2. The van der Waals surface area contributed by atoms with E-state index in [2.05, 4.69) is 4.98 Å². The van der Waals surface area contributed by atoms with Crippen LogP contribution in [0.4, 0.5) is 20.2 Å². The number of pyridine rings is 2. The van der Waals surface area contributed by atoms with Crippen LogP contribution in [0.3, 0.4) is 0 Å². The molecule has 5 rings (SSSR count). The third-order valence-electron chi connectivity index (χ3n) is 7.01. The summed E-state index contributed by atoms with van der Waals surface area (Å²) in [5, 5.41) is 9.26. The smallest absolute Gasteiger partial charge is 0.341 e. The largest absolute Gasteiger partial charge is 0.477 e. The Hall–Kier alpha value is -3.53. The van der Waals surface area contributed by atoms with Crippen molar-refractivity contribution in [3.8, 4) is 0 Å². The fourth-order valence-corrected chi connectivity index (χ4v) is 5.11. The van der Waals surface area contributed by atoms with Crippen LogP contribution in [0.15, 0.2) is 35.4 Å². The molecule has 4 atom stereocenters. The lowest BCUT2D eigenvalue weighted by molar-refractivity contribution is 0.0694. The Morgan fingerprint density at radius 3 is 2.71 bits per heavy atom. The highest BCUT2D eigenvalue weighted by atomic mass is 19.1. The van der Waals surface area contributed by atoms with Crippen molar-refractivity contribution < 1.29 is 18.7 Å². The van der Waals surface area contributed by atoms with Crippen LogP contribution in [-0.2, 0) is 0 Å². The zero-order valence-electron chi connectivity index (χ0n) is 18.5. The van der Waals surface area contributed by atoms with Crippen LogP contribution < -0.4 is 21.8 Å². The van der Waals surface area contributed by atoms with Gasteiger partial charge in [0.2, 0.25) is 5.43 Å². The summed E-state index contributed by atoms with van der Waals surface area (Å²) in [6.45, 7) is 2.62. The first-order valence-corrected chi connectivity index (χ1v) is 11.2. The van der Waals surface area contributed by atoms with Crippen LogP contribution in [0.1, 0.15) is 46.5 Å². The van der Waals surface area contributed by atoms with E-state index in [-0.39, 0.29) is 35.0 Å². The molecule has 178 valence electrons. The summed E-state index contributed by atoms with van der Waals surface area (Å²) >= 11 is 0. The van der Waals surface area contributed by atoms with Gasteiger partial charge in [0.25, 0.3) is 0 Å². The van der Waals surface area contributed by atoms with Crippen molar-refractivity contribution >= 4 is 28.2 Å². The summed E-state index contributed by atoms with van der Waals surface area (Å²) in [5.41, 5.74) is 12.3. The zero-order chi connectivity index (χ0) is 24.3. The first-order valence-electron chi connectivity index (χ1n) is 11.2. The van der Waals surface area contributed by atoms with Crippen LogP contribution in [0.25, 0.3) is 10.9 Å². The fourth-order valence-electron chi connectivity index (χ4n) is 5.11. The number of nitrogens with zero attached hydrogens (tertiary/aromatic N) is 3. The number of anilines is 2. The van der Waals surface area contributed by atoms with E-state index in [0.29, 0.717) is 25.1 Å². The maximum Gasteiger partial charge on any atom is 0.341 e. The van der Waals surface area contributed by atoms with E-state index in [9.17, 15) is 19.1 Å². The molecule has 3 aromatic rings. The molecule has 2 aromatic heterocycles. The molecule has 0 amide bonds. The van der Waals surface area contributed by atoms with Gasteiger partial charge in [0.15, 0.2) is 5.82 Å². The summed E-state index contributed by atoms with van der Waals surface area (Å²) in [6.07, 6.45) is 2.54. The molecule has 1 aromatic carbocycles. The van der Waals surface area contributed by atoms with Crippen molar-refractivity contribution in [2.75, 3.05) is 23.7 Å². The van der Waals surface area contributed by atoms with Crippen molar-refractivity contribution in [1.29, 1.82) is 0 Å². The molecule has 3 heterocycles. The van der Waals surface area contributed by atoms with Crippen molar-refractivity contribution in [3.63, 3.8) is 0 Å². The molecule has 0 radical (unpaired) electrons. The number of hydrogen-bond donors (Lipinski definition) is 3. The highest BCUT2D eigenvalue weighted by Crippen LogP contribution is 2.45. The Bertz CT molecular complexity index is 1360. The average molecular weight is 469 g/mol. The number of carboxylic acid groups (broad SMARTS) is 1. The van der Waals surface area contributed by atoms with Gasteiger partial charge in [-0.3, -0.25) is 9.78 Å². The summed E-state index contributed by atoms with van der Waals surface area (Å²) in [7, 11) is 0. The molecular weight excluding hydrogens is 444 g/mol. The van der Waals surface area contributed by atoms with E-state index >= 15 is 4.39 Å². The maximum atomic E-state index is 15.7. The molecule has 0 bridgehead atoms. The molecule has 34 heavy (non-hydrogen) atoms. The number of carboxylic acids is 1. The molecule has 1 aliphatic heterocycles. The Morgan fingerprint density at radius 2 is 2.09 bits per heavy atom. The molecule has 1 saturated carbocycles. The number of fused-ring (bicyclic) bond motifs is 1. The third-order valence-corrected chi connectivity index (χ3v) is 7.01. The lowest BCUT2D eigenvalue weighted by Gasteiger charge is -2.26. The molecule has 0 spiro atoms. The Balaban J connectivity index is 1.63. The minimum Gasteiger partial charge on any atom is -0.477 e. The second-order valence-corrected chi connectivity index (χ2v) is 9.10. The van der Waals surface area contributed by atoms with Gasteiger partial charge < -0.3 is 26.0 Å². The highest BCUT2D eigenvalue weighted by molar-refractivity contribution is 6.01. The van der Waals surface area contributed by atoms with Crippen molar-refractivity contribution in [1.82, 2.24) is 9.55 Å². The number of hydrogen-bond acceptors (Lipinski definition) is 6. The van der Waals surface area contributed by atoms with Gasteiger partial charge in [-0.15, -0.1) is 0 Å². The van der Waals surface area contributed by atoms with Gasteiger partial charge in [-0.2, -0.15) is 0 Å². The number of rotatable bonds is 5. The third kappa shape index (κ3) is 3.40. The number of alkyl halides is 1. The molecule has 1 saturated heterocycles. The summed E-state index contributed by atoms with van der Waals surface area (Å²) in [6, 6.07) is 4.58. The monoisotopic (exact) mass is 469 g/mol. The van der Waals surface area contributed by atoms with E-state index in [0.717, 1.165) is 11.9 Å². The Kier molecular flexibility index (Phi) is 5.27. The van der Waals surface area contributed by atoms with Gasteiger partial charge in [-0.1, -0.05) is 6.07 Å². The quantitative estimate of drug-likeness (QED) is 0.490. The number of aromatic carboxylic acids is 1. The lowest BCUT2D eigenvalue weighted by atomic mass is 9.96. The van der Waals surface area contributed by atoms with Crippen molar-refractivity contribution in [2.24, 2.45) is 11.7 Å². The number of benzene rings is 1. The predicted molar refractivity (Wildman–Crippen MR) is 124 cm³/mol. The number of carbonyl (C=O) groups is 1. The van der Waals surface area contributed by atoms with Crippen LogP contribution in [-0.4, -0.2) is 39.9 Å². The maximum absolute atomic E-state index is 15.7. The average Bonchev–Trinajstić information content (AvgIpc) is 3.35. The molecule has 8 nitrogen and oxygen atoms in total.